The van der Waals surface area contributed by atoms with Crippen LogP contribution >= 0.6 is 15.9 Å². The molecule has 0 saturated heterocycles. The van der Waals surface area contributed by atoms with Gasteiger partial charge >= 0.3 is 5.97 Å². The fraction of sp³-hybridized carbons (Fsp3) is 0.231. The molecule has 1 heterocycles. The second kappa shape index (κ2) is 5.32. The number of esters is 1. The van der Waals surface area contributed by atoms with E-state index in [1.54, 1.807) is 6.92 Å². The Morgan fingerprint density at radius 2 is 2.05 bits per heavy atom. The molecule has 1 aromatic heterocycles. The van der Waals surface area contributed by atoms with Gasteiger partial charge in [0.2, 0.25) is 5.43 Å². The Bertz CT molecular complexity index is 771. The molecule has 0 radical (unpaired) electrons. The van der Waals surface area contributed by atoms with Crippen LogP contribution in [0.1, 0.15) is 17.3 Å². The molecule has 1 aromatic carbocycles. The van der Waals surface area contributed by atoms with Gasteiger partial charge in [0.15, 0.2) is 5.82 Å². The van der Waals surface area contributed by atoms with Crippen LogP contribution < -0.4 is 5.43 Å². The van der Waals surface area contributed by atoms with Gasteiger partial charge < -0.3 is 9.30 Å². The van der Waals surface area contributed by atoms with E-state index in [4.69, 9.17) is 4.74 Å². The van der Waals surface area contributed by atoms with Crippen molar-refractivity contribution in [3.05, 3.63) is 44.2 Å². The largest absolute Gasteiger partial charge is 0.462 e. The highest BCUT2D eigenvalue weighted by Crippen LogP contribution is 2.27. The van der Waals surface area contributed by atoms with Gasteiger partial charge in [0.1, 0.15) is 11.4 Å². The van der Waals surface area contributed by atoms with Gasteiger partial charge in [-0.1, -0.05) is 0 Å². The fourth-order valence-corrected chi connectivity index (χ4v) is 2.43. The molecule has 0 bridgehead atoms. The number of halogens is 3. The van der Waals surface area contributed by atoms with E-state index in [-0.39, 0.29) is 27.5 Å². The smallest absolute Gasteiger partial charge is 0.343 e. The lowest BCUT2D eigenvalue weighted by Crippen LogP contribution is -2.21. The maximum absolute atomic E-state index is 13.8. The minimum Gasteiger partial charge on any atom is -0.462 e. The van der Waals surface area contributed by atoms with E-state index in [1.165, 1.54) is 17.8 Å². The summed E-state index contributed by atoms with van der Waals surface area (Å²) in [6, 6.07) is 0.676. The van der Waals surface area contributed by atoms with E-state index in [0.717, 1.165) is 0 Å². The van der Waals surface area contributed by atoms with Crippen molar-refractivity contribution in [3.8, 4) is 0 Å². The van der Waals surface area contributed by atoms with Gasteiger partial charge in [-0.15, -0.1) is 0 Å². The number of hydrogen-bond acceptors (Lipinski definition) is 3. The van der Waals surface area contributed by atoms with E-state index < -0.39 is 23.0 Å². The van der Waals surface area contributed by atoms with Gasteiger partial charge in [0, 0.05) is 19.3 Å². The molecule has 0 aliphatic heterocycles. The van der Waals surface area contributed by atoms with Crippen molar-refractivity contribution >= 4 is 32.8 Å². The summed E-state index contributed by atoms with van der Waals surface area (Å²) >= 11 is 2.92. The monoisotopic (exact) mass is 345 g/mol. The Morgan fingerprint density at radius 1 is 1.40 bits per heavy atom. The maximum atomic E-state index is 13.8. The first-order valence-corrected chi connectivity index (χ1v) is 6.51. The number of aryl methyl sites for hydroxylation is 1. The van der Waals surface area contributed by atoms with Crippen molar-refractivity contribution in [1.82, 2.24) is 4.57 Å². The normalized spacial score (nSPS) is 10.8. The van der Waals surface area contributed by atoms with Crippen LogP contribution in [0, 0.1) is 11.6 Å². The molecule has 4 nitrogen and oxygen atoms in total. The van der Waals surface area contributed by atoms with Gasteiger partial charge in [-0.05, 0) is 22.9 Å². The summed E-state index contributed by atoms with van der Waals surface area (Å²) in [6.45, 7) is 1.69. The molecule has 0 fully saturated rings. The number of carbonyl (C=O) groups excluding carboxylic acids is 1. The highest BCUT2D eigenvalue weighted by molar-refractivity contribution is 9.10. The van der Waals surface area contributed by atoms with Crippen molar-refractivity contribution in [2.45, 2.75) is 6.92 Å². The van der Waals surface area contributed by atoms with E-state index in [0.29, 0.717) is 6.07 Å². The number of carbonyl (C=O) groups is 1. The summed E-state index contributed by atoms with van der Waals surface area (Å²) < 4.78 is 33.2. The van der Waals surface area contributed by atoms with Crippen molar-refractivity contribution in [1.29, 1.82) is 0 Å². The van der Waals surface area contributed by atoms with E-state index in [2.05, 4.69) is 15.9 Å². The minimum atomic E-state index is -0.909. The van der Waals surface area contributed by atoms with Crippen LogP contribution in [0.25, 0.3) is 10.9 Å². The van der Waals surface area contributed by atoms with E-state index >= 15 is 0 Å². The van der Waals surface area contributed by atoms with Crippen LogP contribution in [0.3, 0.4) is 0 Å². The number of ether oxygens (including phenoxy) is 1. The van der Waals surface area contributed by atoms with Crippen molar-refractivity contribution in [2.75, 3.05) is 6.61 Å². The first-order valence-electron chi connectivity index (χ1n) is 5.72. The van der Waals surface area contributed by atoms with Crippen molar-refractivity contribution in [3.63, 3.8) is 0 Å². The van der Waals surface area contributed by atoms with Crippen molar-refractivity contribution in [2.24, 2.45) is 7.05 Å². The number of rotatable bonds is 2. The summed E-state index contributed by atoms with van der Waals surface area (Å²) in [4.78, 5) is 23.9. The molecule has 2 aromatic rings. The quantitative estimate of drug-likeness (QED) is 0.621. The SMILES string of the molecule is CCOC(=O)c1cn(C)c2c(F)cc(F)c(Br)c2c1=O. The van der Waals surface area contributed by atoms with Gasteiger partial charge in [-0.25, -0.2) is 13.6 Å². The zero-order valence-electron chi connectivity index (χ0n) is 10.7. The van der Waals surface area contributed by atoms with Crippen LogP contribution in [0.4, 0.5) is 8.78 Å². The minimum absolute atomic E-state index is 0.0867. The standard InChI is InChI=1S/C13H10BrF2NO3/c1-3-20-13(19)6-5-17(2)11-8(16)4-7(15)10(14)9(11)12(6)18/h4-5H,3H2,1-2H3. The average Bonchev–Trinajstić information content (AvgIpc) is 2.38. The van der Waals surface area contributed by atoms with Crippen LogP contribution in [0.15, 0.2) is 21.5 Å². The lowest BCUT2D eigenvalue weighted by Gasteiger charge is -2.11. The Labute approximate surface area is 121 Å². The predicted octanol–water partition coefficient (Wildman–Crippen LogP) is 2.76. The molecule has 20 heavy (non-hydrogen) atoms. The van der Waals surface area contributed by atoms with Gasteiger partial charge in [0.05, 0.1) is 22.0 Å². The molecule has 0 atom stereocenters. The summed E-state index contributed by atoms with van der Waals surface area (Å²) in [7, 11) is 1.46. The first kappa shape index (κ1) is 14.6. The number of hydrogen-bond donors (Lipinski definition) is 0. The zero-order valence-corrected chi connectivity index (χ0v) is 12.3. The first-order chi connectivity index (χ1) is 9.38. The second-order valence-electron chi connectivity index (χ2n) is 4.08. The summed E-state index contributed by atoms with van der Waals surface area (Å²) in [6.07, 6.45) is 1.18. The Morgan fingerprint density at radius 3 is 2.65 bits per heavy atom. The maximum Gasteiger partial charge on any atom is 0.343 e. The number of aromatic nitrogens is 1. The molecule has 0 spiro atoms. The van der Waals surface area contributed by atoms with Gasteiger partial charge in [-0.3, -0.25) is 4.79 Å². The molecule has 0 unspecified atom stereocenters. The van der Waals surface area contributed by atoms with E-state index in [9.17, 15) is 18.4 Å². The average molecular weight is 346 g/mol. The van der Waals surface area contributed by atoms with Gasteiger partial charge in [-0.2, -0.15) is 0 Å². The van der Waals surface area contributed by atoms with Crippen LogP contribution in [-0.2, 0) is 11.8 Å². The number of nitrogens with zero attached hydrogens (tertiary/aromatic N) is 1. The third-order valence-corrected chi connectivity index (χ3v) is 3.56. The lowest BCUT2D eigenvalue weighted by atomic mass is 10.1. The molecule has 0 amide bonds. The Kier molecular flexibility index (Phi) is 3.89. The molecule has 2 rings (SSSR count). The number of pyridine rings is 1. The summed E-state index contributed by atoms with van der Waals surface area (Å²) in [5, 5.41) is -0.226. The Balaban J connectivity index is 2.92. The molecule has 106 valence electrons. The molecule has 0 aliphatic rings. The molecule has 7 heteroatoms. The highest BCUT2D eigenvalue weighted by Gasteiger charge is 2.21. The summed E-state index contributed by atoms with van der Waals surface area (Å²) in [5.41, 5.74) is -1.13. The lowest BCUT2D eigenvalue weighted by molar-refractivity contribution is 0.0524. The molecule has 0 aliphatic carbocycles. The zero-order chi connectivity index (χ0) is 15.0. The molecular formula is C13H10BrF2NO3. The molecule has 0 N–H and O–H groups in total. The van der Waals surface area contributed by atoms with Crippen LogP contribution in [-0.4, -0.2) is 17.1 Å². The van der Waals surface area contributed by atoms with Crippen molar-refractivity contribution < 1.29 is 18.3 Å². The summed E-state index contributed by atoms with van der Waals surface area (Å²) in [5.74, 6) is -2.62. The number of fused-ring (bicyclic) bond motifs is 1. The van der Waals surface area contributed by atoms with Gasteiger partial charge in [0.25, 0.3) is 0 Å². The molecular weight excluding hydrogens is 336 g/mol. The fourth-order valence-electron chi connectivity index (χ4n) is 1.94. The number of benzene rings is 1. The molecule has 0 saturated carbocycles. The Hall–Kier alpha value is -1.76. The second-order valence-corrected chi connectivity index (χ2v) is 4.87. The van der Waals surface area contributed by atoms with Crippen LogP contribution in [0.2, 0.25) is 0 Å². The highest BCUT2D eigenvalue weighted by atomic mass is 79.9. The predicted molar refractivity (Wildman–Crippen MR) is 72.8 cm³/mol. The topological polar surface area (TPSA) is 48.3 Å². The van der Waals surface area contributed by atoms with E-state index in [1.807, 2.05) is 0 Å². The third kappa shape index (κ3) is 2.22. The van der Waals surface area contributed by atoms with Crippen LogP contribution in [0.5, 0.6) is 0 Å². The third-order valence-electron chi connectivity index (χ3n) is 2.79.